The van der Waals surface area contributed by atoms with Crippen LogP contribution in [0.2, 0.25) is 0 Å². The van der Waals surface area contributed by atoms with Crippen molar-refractivity contribution in [1.29, 1.82) is 0 Å². The average Bonchev–Trinajstić information content (AvgIpc) is 2.83. The van der Waals surface area contributed by atoms with Crippen LogP contribution in [-0.4, -0.2) is 29.0 Å². The van der Waals surface area contributed by atoms with Gasteiger partial charge in [0.2, 0.25) is 0 Å². The third-order valence-electron chi connectivity index (χ3n) is 4.29. The Morgan fingerprint density at radius 2 is 1.62 bits per heavy atom. The van der Waals surface area contributed by atoms with Crippen molar-refractivity contribution < 1.29 is 4.79 Å². The van der Waals surface area contributed by atoms with Gasteiger partial charge < -0.3 is 10.2 Å². The monoisotopic (exact) mass is 324 g/mol. The van der Waals surface area contributed by atoms with Crippen molar-refractivity contribution in [2.24, 2.45) is 0 Å². The Bertz CT molecular complexity index is 701. The standard InChI is InChI=1S/C19H24N4O/c1-14-9-15(2)11-16(10-14)22-19(24)17-12-18(21-13-20-17)23-7-5-3-4-6-8-23/h9-13H,3-8H2,1-2H3,(H,22,24). The molecule has 5 heteroatoms. The van der Waals surface area contributed by atoms with Crippen LogP contribution < -0.4 is 10.2 Å². The van der Waals surface area contributed by atoms with E-state index in [9.17, 15) is 4.79 Å². The van der Waals surface area contributed by atoms with E-state index >= 15 is 0 Å². The van der Waals surface area contributed by atoms with Crippen LogP contribution in [0, 0.1) is 13.8 Å². The number of hydrogen-bond donors (Lipinski definition) is 1. The molecule has 24 heavy (non-hydrogen) atoms. The van der Waals surface area contributed by atoms with Crippen molar-refractivity contribution in [3.63, 3.8) is 0 Å². The molecule has 0 bridgehead atoms. The molecular weight excluding hydrogens is 300 g/mol. The predicted octanol–water partition coefficient (Wildman–Crippen LogP) is 3.73. The maximum Gasteiger partial charge on any atom is 0.274 e. The number of nitrogens with one attached hydrogen (secondary N) is 1. The second-order valence-corrected chi connectivity index (χ2v) is 6.49. The van der Waals surface area contributed by atoms with Crippen LogP contribution in [0.25, 0.3) is 0 Å². The van der Waals surface area contributed by atoms with Crippen molar-refractivity contribution >= 4 is 17.4 Å². The Morgan fingerprint density at radius 1 is 0.958 bits per heavy atom. The number of carbonyl (C=O) groups is 1. The topological polar surface area (TPSA) is 58.1 Å². The minimum Gasteiger partial charge on any atom is -0.357 e. The summed E-state index contributed by atoms with van der Waals surface area (Å²) in [4.78, 5) is 23.3. The Morgan fingerprint density at radius 3 is 2.29 bits per heavy atom. The number of anilines is 2. The molecule has 0 aliphatic carbocycles. The predicted molar refractivity (Wildman–Crippen MR) is 96.6 cm³/mol. The van der Waals surface area contributed by atoms with E-state index in [1.807, 2.05) is 26.0 Å². The number of amides is 1. The van der Waals surface area contributed by atoms with E-state index in [4.69, 9.17) is 0 Å². The number of carbonyl (C=O) groups excluding carboxylic acids is 1. The Hall–Kier alpha value is -2.43. The van der Waals surface area contributed by atoms with Crippen LogP contribution in [0.15, 0.2) is 30.6 Å². The van der Waals surface area contributed by atoms with Gasteiger partial charge in [-0.05, 0) is 49.9 Å². The van der Waals surface area contributed by atoms with Gasteiger partial charge in [-0.25, -0.2) is 9.97 Å². The van der Waals surface area contributed by atoms with Crippen molar-refractivity contribution in [3.8, 4) is 0 Å². The van der Waals surface area contributed by atoms with E-state index in [1.165, 1.54) is 32.0 Å². The smallest absolute Gasteiger partial charge is 0.274 e. The quantitative estimate of drug-likeness (QED) is 0.934. The first-order valence-electron chi connectivity index (χ1n) is 8.58. The first kappa shape index (κ1) is 16.4. The number of hydrogen-bond acceptors (Lipinski definition) is 4. The highest BCUT2D eigenvalue weighted by atomic mass is 16.1. The molecule has 0 atom stereocenters. The Kier molecular flexibility index (Phi) is 5.08. The molecule has 0 saturated carbocycles. The molecule has 1 aliphatic rings. The molecule has 1 fully saturated rings. The summed E-state index contributed by atoms with van der Waals surface area (Å²) in [6, 6.07) is 7.80. The minimum atomic E-state index is -0.196. The van der Waals surface area contributed by atoms with Gasteiger partial charge in [0.15, 0.2) is 0 Å². The summed E-state index contributed by atoms with van der Waals surface area (Å²) in [6.45, 7) is 6.03. The van der Waals surface area contributed by atoms with Crippen LogP contribution >= 0.6 is 0 Å². The molecule has 0 spiro atoms. The van der Waals surface area contributed by atoms with Gasteiger partial charge in [-0.1, -0.05) is 18.9 Å². The molecule has 2 heterocycles. The largest absolute Gasteiger partial charge is 0.357 e. The highest BCUT2D eigenvalue weighted by Gasteiger charge is 2.15. The first-order chi connectivity index (χ1) is 11.6. The van der Waals surface area contributed by atoms with Crippen molar-refractivity contribution in [2.75, 3.05) is 23.3 Å². The minimum absolute atomic E-state index is 0.196. The second-order valence-electron chi connectivity index (χ2n) is 6.49. The SMILES string of the molecule is Cc1cc(C)cc(NC(=O)c2cc(N3CCCCCC3)ncn2)c1. The number of nitrogens with zero attached hydrogens (tertiary/aromatic N) is 3. The van der Waals surface area contributed by atoms with Gasteiger partial charge >= 0.3 is 0 Å². The van der Waals surface area contributed by atoms with Gasteiger partial charge in [0.05, 0.1) is 0 Å². The summed E-state index contributed by atoms with van der Waals surface area (Å²) in [7, 11) is 0. The molecule has 3 rings (SSSR count). The van der Waals surface area contributed by atoms with E-state index in [0.717, 1.165) is 35.7 Å². The molecule has 0 radical (unpaired) electrons. The first-order valence-corrected chi connectivity index (χ1v) is 8.58. The molecule has 1 saturated heterocycles. The molecular formula is C19H24N4O. The highest BCUT2D eigenvalue weighted by molar-refractivity contribution is 6.03. The van der Waals surface area contributed by atoms with E-state index in [-0.39, 0.29) is 5.91 Å². The van der Waals surface area contributed by atoms with E-state index in [2.05, 4.69) is 26.3 Å². The lowest BCUT2D eigenvalue weighted by atomic mass is 10.1. The summed E-state index contributed by atoms with van der Waals surface area (Å²) in [5, 5.41) is 2.93. The van der Waals surface area contributed by atoms with Crippen molar-refractivity contribution in [3.05, 3.63) is 47.4 Å². The number of benzene rings is 1. The lowest BCUT2D eigenvalue weighted by Crippen LogP contribution is -2.25. The zero-order valence-corrected chi connectivity index (χ0v) is 14.4. The van der Waals surface area contributed by atoms with Gasteiger partial charge in [-0.2, -0.15) is 0 Å². The van der Waals surface area contributed by atoms with Gasteiger partial charge in [-0.15, -0.1) is 0 Å². The fourth-order valence-corrected chi connectivity index (χ4v) is 3.19. The van der Waals surface area contributed by atoms with Gasteiger partial charge in [0, 0.05) is 24.8 Å². The van der Waals surface area contributed by atoms with Crippen molar-refractivity contribution in [1.82, 2.24) is 9.97 Å². The van der Waals surface area contributed by atoms with E-state index in [1.54, 1.807) is 6.07 Å². The fourth-order valence-electron chi connectivity index (χ4n) is 3.19. The van der Waals surface area contributed by atoms with Crippen molar-refractivity contribution in [2.45, 2.75) is 39.5 Å². The molecule has 5 nitrogen and oxygen atoms in total. The van der Waals surface area contributed by atoms with E-state index in [0.29, 0.717) is 5.69 Å². The molecule has 126 valence electrons. The highest BCUT2D eigenvalue weighted by Crippen LogP contribution is 2.19. The lowest BCUT2D eigenvalue weighted by Gasteiger charge is -2.21. The number of rotatable bonds is 3. The fraction of sp³-hybridized carbons (Fsp3) is 0.421. The van der Waals surface area contributed by atoms with Crippen LogP contribution in [-0.2, 0) is 0 Å². The van der Waals surface area contributed by atoms with Gasteiger partial charge in [0.25, 0.3) is 5.91 Å². The summed E-state index contributed by atoms with van der Waals surface area (Å²) in [5.74, 6) is 0.649. The van der Waals surface area contributed by atoms with E-state index < -0.39 is 0 Å². The molecule has 1 amide bonds. The average molecular weight is 324 g/mol. The van der Waals surface area contributed by atoms with Crippen LogP contribution in [0.5, 0.6) is 0 Å². The molecule has 1 aliphatic heterocycles. The maximum atomic E-state index is 12.5. The zero-order chi connectivity index (χ0) is 16.9. The van der Waals surface area contributed by atoms with Gasteiger partial charge in [0.1, 0.15) is 17.8 Å². The Balaban J connectivity index is 1.76. The molecule has 1 aromatic heterocycles. The molecule has 1 aromatic carbocycles. The zero-order valence-electron chi connectivity index (χ0n) is 14.4. The molecule has 1 N–H and O–H groups in total. The number of aryl methyl sites for hydroxylation is 2. The summed E-state index contributed by atoms with van der Waals surface area (Å²) < 4.78 is 0. The lowest BCUT2D eigenvalue weighted by molar-refractivity contribution is 0.102. The van der Waals surface area contributed by atoms with Crippen LogP contribution in [0.4, 0.5) is 11.5 Å². The third kappa shape index (κ3) is 4.10. The Labute approximate surface area is 143 Å². The number of aromatic nitrogens is 2. The molecule has 0 unspecified atom stereocenters. The van der Waals surface area contributed by atoms with Crippen LogP contribution in [0.1, 0.15) is 47.3 Å². The van der Waals surface area contributed by atoms with Crippen LogP contribution in [0.3, 0.4) is 0 Å². The molecule has 2 aromatic rings. The summed E-state index contributed by atoms with van der Waals surface area (Å²) in [6.07, 6.45) is 6.36. The summed E-state index contributed by atoms with van der Waals surface area (Å²) >= 11 is 0. The summed E-state index contributed by atoms with van der Waals surface area (Å²) in [5.41, 5.74) is 3.45. The van der Waals surface area contributed by atoms with Gasteiger partial charge in [-0.3, -0.25) is 4.79 Å². The third-order valence-corrected chi connectivity index (χ3v) is 4.29. The maximum absolute atomic E-state index is 12.5. The normalized spacial score (nSPS) is 15.0. The second kappa shape index (κ2) is 7.43.